The van der Waals surface area contributed by atoms with Crippen LogP contribution in [0.5, 0.6) is 0 Å². The lowest BCUT2D eigenvalue weighted by molar-refractivity contribution is -0.129. The van der Waals surface area contributed by atoms with Gasteiger partial charge in [0, 0.05) is 34.5 Å². The number of fused-ring (bicyclic) bond motifs is 3. The number of halogens is 1. The molecule has 0 saturated heterocycles. The highest BCUT2D eigenvalue weighted by atomic mass is 35.5. The lowest BCUT2D eigenvalue weighted by Gasteiger charge is -2.18. The molecule has 3 aromatic rings. The van der Waals surface area contributed by atoms with Gasteiger partial charge in [0.15, 0.2) is 5.71 Å². The number of carboxylic acid groups (broad SMARTS) is 1. The molecule has 1 aromatic carbocycles. The number of hydrazine groups is 1. The predicted octanol–water partition coefficient (Wildman–Crippen LogP) is 2.65. The van der Waals surface area contributed by atoms with Crippen molar-refractivity contribution >= 4 is 40.9 Å². The van der Waals surface area contributed by atoms with E-state index in [0.717, 1.165) is 17.0 Å². The number of anilines is 1. The number of nitrogens with two attached hydrogens (primary N) is 2. The Hall–Kier alpha value is -4.94. The van der Waals surface area contributed by atoms with Gasteiger partial charge in [0.1, 0.15) is 12.2 Å². The number of aromatic nitrogens is 3. The first-order chi connectivity index (χ1) is 19.3. The Labute approximate surface area is 232 Å². The van der Waals surface area contributed by atoms with Gasteiger partial charge in [-0.2, -0.15) is 10.2 Å². The van der Waals surface area contributed by atoms with Crippen molar-refractivity contribution in [3.8, 4) is 11.1 Å². The fourth-order valence-corrected chi connectivity index (χ4v) is 5.46. The van der Waals surface area contributed by atoms with Gasteiger partial charge in [-0.25, -0.2) is 15.6 Å². The normalized spacial score (nSPS) is 17.8. The lowest BCUT2D eigenvalue weighted by atomic mass is 10.0. The summed E-state index contributed by atoms with van der Waals surface area (Å²) in [6, 6.07) is 8.41. The van der Waals surface area contributed by atoms with E-state index in [1.54, 1.807) is 41.1 Å². The number of nitrogens with one attached hydrogen (secondary N) is 2. The molecule has 40 heavy (non-hydrogen) atoms. The molecule has 202 valence electrons. The molecule has 1 atom stereocenters. The second-order valence-electron chi connectivity index (χ2n) is 9.55. The molecule has 1 aliphatic carbocycles. The number of H-pyrrole nitrogens is 1. The number of carboxylic acids is 1. The molecule has 3 aliphatic rings. The number of benzene rings is 1. The summed E-state index contributed by atoms with van der Waals surface area (Å²) in [7, 11) is 0. The summed E-state index contributed by atoms with van der Waals surface area (Å²) in [5.41, 5.74) is 8.25. The van der Waals surface area contributed by atoms with Crippen molar-refractivity contribution < 1.29 is 9.90 Å². The number of allylic oxidation sites excluding steroid dienone is 5. The monoisotopic (exact) mass is 557 g/mol. The summed E-state index contributed by atoms with van der Waals surface area (Å²) in [5.74, 6) is 10.9. The third kappa shape index (κ3) is 4.48. The summed E-state index contributed by atoms with van der Waals surface area (Å²) in [5, 5.41) is 18.7. The van der Waals surface area contributed by atoms with Gasteiger partial charge in [0.2, 0.25) is 0 Å². The van der Waals surface area contributed by atoms with Crippen LogP contribution in [0.3, 0.4) is 0 Å². The van der Waals surface area contributed by atoms with E-state index in [2.05, 4.69) is 25.6 Å². The zero-order chi connectivity index (χ0) is 28.0. The van der Waals surface area contributed by atoms with Gasteiger partial charge < -0.3 is 20.5 Å². The maximum atomic E-state index is 13.5. The Morgan fingerprint density at radius 2 is 2.12 bits per heavy atom. The Kier molecular flexibility index (Phi) is 6.33. The van der Waals surface area contributed by atoms with E-state index in [1.165, 1.54) is 11.3 Å². The van der Waals surface area contributed by atoms with Crippen molar-refractivity contribution in [3.63, 3.8) is 0 Å². The highest BCUT2D eigenvalue weighted by molar-refractivity contribution is 6.43. The average Bonchev–Trinajstić information content (AvgIpc) is 3.55. The standard InChI is InChI=1S/C27H24ClN9O3/c28-17-2-5-22(36(30)13-32-29)20(11-17)15-9-19-4-6-23(37(19)24(38)10-15)26-31-12-21(33-26)14-1-3-18-8-16(7-14)25(27(39)40)35-34-18/h1-3,5,7,9-13,23,34H,4,6,8,29-30H2,(H,31,33)(H,39,40)/b32-13-. The Morgan fingerprint density at radius 3 is 2.92 bits per heavy atom. The predicted molar refractivity (Wildman–Crippen MR) is 153 cm³/mol. The molecule has 1 unspecified atom stereocenters. The number of aliphatic carboxylic acids is 1. The number of carbonyl (C=O) groups is 1. The van der Waals surface area contributed by atoms with E-state index in [9.17, 15) is 14.7 Å². The number of imidazole rings is 1. The van der Waals surface area contributed by atoms with Crippen LogP contribution in [0.1, 0.15) is 36.1 Å². The molecule has 2 bridgehead atoms. The van der Waals surface area contributed by atoms with E-state index in [4.69, 9.17) is 23.3 Å². The second kappa shape index (κ2) is 9.98. The van der Waals surface area contributed by atoms with Gasteiger partial charge >= 0.3 is 5.97 Å². The summed E-state index contributed by atoms with van der Waals surface area (Å²) in [4.78, 5) is 33.0. The second-order valence-corrected chi connectivity index (χ2v) is 9.99. The molecule has 7 N–H and O–H groups in total. The number of hydrazone groups is 2. The SMILES string of the molecule is N/N=C\N(N)c1ccc(Cl)cc1-c1cc2n(c(=O)c1)C(c1ncc(C3=CC=C4CC(=C3)C(C(=O)O)=NN4)[nH]1)CC2. The topological polar surface area (TPSA) is 180 Å². The molecular weight excluding hydrogens is 534 g/mol. The van der Waals surface area contributed by atoms with Crippen LogP contribution < -0.4 is 27.7 Å². The van der Waals surface area contributed by atoms with Crippen LogP contribution in [0.4, 0.5) is 5.69 Å². The summed E-state index contributed by atoms with van der Waals surface area (Å²) >= 11 is 6.27. The van der Waals surface area contributed by atoms with E-state index in [1.807, 2.05) is 18.2 Å². The average molecular weight is 558 g/mol. The van der Waals surface area contributed by atoms with Crippen LogP contribution >= 0.6 is 11.6 Å². The fourth-order valence-electron chi connectivity index (χ4n) is 5.28. The molecule has 0 amide bonds. The first-order valence-corrected chi connectivity index (χ1v) is 12.8. The van der Waals surface area contributed by atoms with Gasteiger partial charge in [-0.05, 0) is 66.0 Å². The van der Waals surface area contributed by atoms with Crippen molar-refractivity contribution in [1.29, 1.82) is 0 Å². The Morgan fingerprint density at radius 1 is 1.27 bits per heavy atom. The van der Waals surface area contributed by atoms with Crippen LogP contribution in [0, 0.1) is 0 Å². The molecule has 0 fully saturated rings. The van der Waals surface area contributed by atoms with Crippen LogP contribution in [0.25, 0.3) is 16.7 Å². The highest BCUT2D eigenvalue weighted by Gasteiger charge is 2.29. The number of rotatable bonds is 6. The van der Waals surface area contributed by atoms with Gasteiger partial charge in [0.25, 0.3) is 5.56 Å². The molecule has 2 aliphatic heterocycles. The minimum Gasteiger partial charge on any atom is -0.476 e. The van der Waals surface area contributed by atoms with Gasteiger partial charge in [-0.3, -0.25) is 15.2 Å². The van der Waals surface area contributed by atoms with Crippen molar-refractivity contribution in [2.45, 2.75) is 25.3 Å². The van der Waals surface area contributed by atoms with Crippen LogP contribution in [-0.4, -0.2) is 37.7 Å². The molecule has 6 rings (SSSR count). The Balaban J connectivity index is 1.34. The van der Waals surface area contributed by atoms with E-state index in [-0.39, 0.29) is 17.3 Å². The number of aromatic amines is 1. The van der Waals surface area contributed by atoms with E-state index >= 15 is 0 Å². The molecule has 4 heterocycles. The molecule has 0 saturated carbocycles. The van der Waals surface area contributed by atoms with Crippen LogP contribution in [0.15, 0.2) is 81.0 Å². The zero-order valence-corrected chi connectivity index (χ0v) is 21.8. The number of hydrogen-bond donors (Lipinski definition) is 5. The molecule has 0 radical (unpaired) electrons. The first kappa shape index (κ1) is 25.3. The third-order valence-corrected chi connectivity index (χ3v) is 7.32. The van der Waals surface area contributed by atoms with Gasteiger partial charge in [0.05, 0.1) is 23.6 Å². The van der Waals surface area contributed by atoms with E-state index in [0.29, 0.717) is 58.2 Å². The summed E-state index contributed by atoms with van der Waals surface area (Å²) in [6.45, 7) is 0. The smallest absolute Gasteiger partial charge is 0.356 e. The molecule has 12 nitrogen and oxygen atoms in total. The van der Waals surface area contributed by atoms with Crippen molar-refractivity contribution in [1.82, 2.24) is 20.0 Å². The molecular formula is C27H24ClN9O3. The third-order valence-electron chi connectivity index (χ3n) is 7.09. The van der Waals surface area contributed by atoms with Crippen molar-refractivity contribution in [2.75, 3.05) is 5.01 Å². The van der Waals surface area contributed by atoms with Crippen molar-refractivity contribution in [2.24, 2.45) is 21.9 Å². The van der Waals surface area contributed by atoms with Crippen molar-refractivity contribution in [3.05, 3.63) is 98.6 Å². The van der Waals surface area contributed by atoms with Crippen LogP contribution in [0.2, 0.25) is 5.02 Å². The van der Waals surface area contributed by atoms with Gasteiger partial charge in [-0.1, -0.05) is 17.7 Å². The minimum atomic E-state index is -1.10. The quantitative estimate of drug-likeness (QED) is 0.133. The Bertz CT molecular complexity index is 1760. The largest absolute Gasteiger partial charge is 0.476 e. The van der Waals surface area contributed by atoms with Gasteiger partial charge in [-0.15, -0.1) is 0 Å². The molecule has 0 spiro atoms. The summed E-state index contributed by atoms with van der Waals surface area (Å²) in [6.07, 6.45) is 10.3. The van der Waals surface area contributed by atoms with Crippen LogP contribution in [-0.2, 0) is 11.2 Å². The number of pyridine rings is 1. The maximum absolute atomic E-state index is 13.5. The molecule has 13 heteroatoms. The molecule has 2 aromatic heterocycles. The summed E-state index contributed by atoms with van der Waals surface area (Å²) < 4.78 is 1.74. The minimum absolute atomic E-state index is 0.0207. The maximum Gasteiger partial charge on any atom is 0.356 e. The van der Waals surface area contributed by atoms with E-state index < -0.39 is 5.97 Å². The highest BCUT2D eigenvalue weighted by Crippen LogP contribution is 2.36. The number of hydrogen-bond acceptors (Lipinski definition) is 8. The first-order valence-electron chi connectivity index (χ1n) is 12.4. The number of nitrogens with zero attached hydrogens (tertiary/aromatic N) is 5. The lowest BCUT2D eigenvalue weighted by Crippen LogP contribution is -2.30. The fraction of sp³-hybridized carbons (Fsp3) is 0.148. The number of aryl methyl sites for hydroxylation is 1. The zero-order valence-electron chi connectivity index (χ0n) is 21.0.